The number of aliphatic hydroxyl groups excluding tert-OH is 1. The fourth-order valence-corrected chi connectivity index (χ4v) is 3.93. The number of aryl methyl sites for hydroxylation is 1. The molecule has 0 saturated carbocycles. The normalized spacial score (nSPS) is 12.4. The van der Waals surface area contributed by atoms with Crippen LogP contribution in [0.5, 0.6) is 0 Å². The summed E-state index contributed by atoms with van der Waals surface area (Å²) in [6.45, 7) is 3.78. The van der Waals surface area contributed by atoms with Gasteiger partial charge in [0.15, 0.2) is 0 Å². The van der Waals surface area contributed by atoms with Crippen LogP contribution < -0.4 is 5.73 Å². The first-order valence-electron chi connectivity index (χ1n) is 9.49. The van der Waals surface area contributed by atoms with Crippen molar-refractivity contribution in [1.82, 2.24) is 14.9 Å². The lowest BCUT2D eigenvalue weighted by Crippen LogP contribution is -2.22. The molecule has 8 nitrogen and oxygen atoms in total. The molecule has 4 N–H and O–H groups in total. The Bertz CT molecular complexity index is 903. The Kier molecular flexibility index (Phi) is 9.30. The molecule has 0 atom stereocenters. The monoisotopic (exact) mass is 429 g/mol. The molecule has 0 spiro atoms. The van der Waals surface area contributed by atoms with Gasteiger partial charge in [-0.1, -0.05) is 35.5 Å². The SMILES string of the molecule is CC(=C(CCO)SCCC(=NO)c1ccccc1)N(C=O)Cc1cnc(C)nc1N. The van der Waals surface area contributed by atoms with Crippen LogP contribution in [0.25, 0.3) is 0 Å². The second-order valence-corrected chi connectivity index (χ2v) is 7.74. The number of carbonyl (C=O) groups excluding carboxylic acids is 1. The number of carbonyl (C=O) groups is 1. The highest BCUT2D eigenvalue weighted by atomic mass is 32.2. The first kappa shape index (κ1) is 23.4. The fraction of sp³-hybridized carbons (Fsp3) is 0.333. The van der Waals surface area contributed by atoms with E-state index < -0.39 is 0 Å². The summed E-state index contributed by atoms with van der Waals surface area (Å²) in [7, 11) is 0. The van der Waals surface area contributed by atoms with E-state index in [-0.39, 0.29) is 13.2 Å². The number of hydrogen-bond acceptors (Lipinski definition) is 8. The quantitative estimate of drug-likeness (QED) is 0.217. The van der Waals surface area contributed by atoms with Crippen LogP contribution in [0.1, 0.15) is 36.7 Å². The topological polar surface area (TPSA) is 125 Å². The molecule has 0 aliphatic carbocycles. The van der Waals surface area contributed by atoms with Gasteiger partial charge in [-0.25, -0.2) is 9.97 Å². The number of oxime groups is 1. The first-order valence-corrected chi connectivity index (χ1v) is 10.5. The van der Waals surface area contributed by atoms with Gasteiger partial charge >= 0.3 is 0 Å². The van der Waals surface area contributed by atoms with Crippen molar-refractivity contribution < 1.29 is 15.1 Å². The molecular formula is C21H27N5O3S. The van der Waals surface area contributed by atoms with Crippen LogP contribution in [0.3, 0.4) is 0 Å². The molecule has 0 fully saturated rings. The molecule has 0 unspecified atom stereocenters. The average Bonchev–Trinajstić information content (AvgIpc) is 2.75. The number of aliphatic hydroxyl groups is 1. The minimum atomic E-state index is -0.0399. The van der Waals surface area contributed by atoms with Crippen molar-refractivity contribution in [2.24, 2.45) is 5.16 Å². The van der Waals surface area contributed by atoms with E-state index in [1.807, 2.05) is 37.3 Å². The predicted molar refractivity (Wildman–Crippen MR) is 119 cm³/mol. The first-order chi connectivity index (χ1) is 14.5. The summed E-state index contributed by atoms with van der Waals surface area (Å²) in [4.78, 5) is 22.4. The standard InChI is InChI=1S/C21H27N5O3S/c1-15(26(14-28)13-18-12-23-16(2)24-21(18)22)20(8-10-27)30-11-9-19(25-29)17-6-4-3-5-7-17/h3-7,12,14,27,29H,8-11,13H2,1-2H3,(H2,22,23,24). The number of nitrogens with zero attached hydrogens (tertiary/aromatic N) is 4. The molecule has 160 valence electrons. The molecule has 2 rings (SSSR count). The maximum atomic E-state index is 11.7. The summed E-state index contributed by atoms with van der Waals surface area (Å²) in [6, 6.07) is 9.45. The van der Waals surface area contributed by atoms with Crippen LogP contribution in [0.15, 0.2) is 52.3 Å². The smallest absolute Gasteiger partial charge is 0.214 e. The largest absolute Gasteiger partial charge is 0.411 e. The van der Waals surface area contributed by atoms with Gasteiger partial charge in [0.1, 0.15) is 11.6 Å². The lowest BCUT2D eigenvalue weighted by atomic mass is 10.1. The van der Waals surface area contributed by atoms with Crippen LogP contribution in [-0.4, -0.2) is 49.7 Å². The maximum Gasteiger partial charge on any atom is 0.214 e. The van der Waals surface area contributed by atoms with Crippen molar-refractivity contribution in [3.8, 4) is 0 Å². The summed E-state index contributed by atoms with van der Waals surface area (Å²) in [5, 5.41) is 22.2. The molecule has 0 radical (unpaired) electrons. The van der Waals surface area contributed by atoms with Gasteiger partial charge in [0, 0.05) is 47.6 Å². The highest BCUT2D eigenvalue weighted by Crippen LogP contribution is 2.27. The molecular weight excluding hydrogens is 402 g/mol. The lowest BCUT2D eigenvalue weighted by molar-refractivity contribution is -0.116. The highest BCUT2D eigenvalue weighted by Gasteiger charge is 2.14. The average molecular weight is 430 g/mol. The van der Waals surface area contributed by atoms with Crippen LogP contribution in [0.4, 0.5) is 5.82 Å². The number of rotatable bonds is 11. The molecule has 0 bridgehead atoms. The number of nitrogen functional groups attached to an aromatic ring is 1. The van der Waals surface area contributed by atoms with E-state index in [4.69, 9.17) is 5.73 Å². The number of thioether (sulfide) groups is 1. The summed E-state index contributed by atoms with van der Waals surface area (Å²) in [5.74, 6) is 1.53. The Morgan fingerprint density at radius 1 is 1.30 bits per heavy atom. The summed E-state index contributed by atoms with van der Waals surface area (Å²) in [6.07, 6.45) is 3.30. The Morgan fingerprint density at radius 3 is 2.63 bits per heavy atom. The lowest BCUT2D eigenvalue weighted by Gasteiger charge is -2.22. The van der Waals surface area contributed by atoms with Gasteiger partial charge in [0.05, 0.1) is 12.3 Å². The van der Waals surface area contributed by atoms with Crippen molar-refractivity contribution >= 4 is 29.7 Å². The zero-order chi connectivity index (χ0) is 21.9. The van der Waals surface area contributed by atoms with E-state index in [9.17, 15) is 15.1 Å². The van der Waals surface area contributed by atoms with E-state index in [0.717, 1.165) is 22.6 Å². The van der Waals surface area contributed by atoms with E-state index in [1.54, 1.807) is 13.1 Å². The third-order valence-electron chi connectivity index (χ3n) is 4.50. The van der Waals surface area contributed by atoms with E-state index in [0.29, 0.717) is 41.5 Å². The van der Waals surface area contributed by atoms with Crippen molar-refractivity contribution in [3.63, 3.8) is 0 Å². The second-order valence-electron chi connectivity index (χ2n) is 6.55. The molecule has 1 heterocycles. The number of amides is 1. The van der Waals surface area contributed by atoms with E-state index >= 15 is 0 Å². The van der Waals surface area contributed by atoms with Crippen LogP contribution >= 0.6 is 11.8 Å². The molecule has 9 heteroatoms. The fourth-order valence-electron chi connectivity index (χ4n) is 2.83. The maximum absolute atomic E-state index is 11.7. The van der Waals surface area contributed by atoms with Gasteiger partial charge in [-0.05, 0) is 19.4 Å². The second kappa shape index (κ2) is 11.9. The molecule has 30 heavy (non-hydrogen) atoms. The summed E-state index contributed by atoms with van der Waals surface area (Å²) in [5.41, 5.74) is 8.77. The van der Waals surface area contributed by atoms with Gasteiger partial charge < -0.3 is 20.9 Å². The van der Waals surface area contributed by atoms with Crippen molar-refractivity contribution in [3.05, 3.63) is 64.1 Å². The molecule has 1 aromatic carbocycles. The van der Waals surface area contributed by atoms with Crippen molar-refractivity contribution in [1.29, 1.82) is 0 Å². The van der Waals surface area contributed by atoms with E-state index in [2.05, 4.69) is 15.1 Å². The number of benzene rings is 1. The number of hydrogen-bond donors (Lipinski definition) is 3. The minimum absolute atomic E-state index is 0.0399. The van der Waals surface area contributed by atoms with Gasteiger partial charge in [0.2, 0.25) is 6.41 Å². The Balaban J connectivity index is 2.11. The summed E-state index contributed by atoms with van der Waals surface area (Å²) < 4.78 is 0. The minimum Gasteiger partial charge on any atom is -0.411 e. The zero-order valence-corrected chi connectivity index (χ0v) is 18.0. The third-order valence-corrected chi connectivity index (χ3v) is 5.76. The Morgan fingerprint density at radius 2 is 2.03 bits per heavy atom. The number of nitrogens with two attached hydrogens (primary N) is 1. The van der Waals surface area contributed by atoms with Crippen LogP contribution in [0.2, 0.25) is 0 Å². The van der Waals surface area contributed by atoms with Gasteiger partial charge in [-0.2, -0.15) is 0 Å². The number of aromatic nitrogens is 2. The highest BCUT2D eigenvalue weighted by molar-refractivity contribution is 8.03. The van der Waals surface area contributed by atoms with Gasteiger partial charge in [-0.15, -0.1) is 11.8 Å². The van der Waals surface area contributed by atoms with Crippen LogP contribution in [-0.2, 0) is 11.3 Å². The van der Waals surface area contributed by atoms with Crippen LogP contribution in [0, 0.1) is 6.92 Å². The zero-order valence-electron chi connectivity index (χ0n) is 17.2. The molecule has 2 aromatic rings. The van der Waals surface area contributed by atoms with Gasteiger partial charge in [0.25, 0.3) is 0 Å². The van der Waals surface area contributed by atoms with Crippen molar-refractivity contribution in [2.45, 2.75) is 33.2 Å². The summed E-state index contributed by atoms with van der Waals surface area (Å²) >= 11 is 1.52. The Hall–Kier alpha value is -2.91. The van der Waals surface area contributed by atoms with Crippen molar-refractivity contribution in [2.75, 3.05) is 18.1 Å². The predicted octanol–water partition coefficient (Wildman–Crippen LogP) is 2.94. The molecule has 1 aromatic heterocycles. The Labute approximate surface area is 180 Å². The number of allylic oxidation sites excluding steroid dienone is 1. The molecule has 0 aliphatic rings. The molecule has 1 amide bonds. The third kappa shape index (κ3) is 6.57. The number of anilines is 1. The van der Waals surface area contributed by atoms with E-state index in [1.165, 1.54) is 16.7 Å². The van der Waals surface area contributed by atoms with Gasteiger partial charge in [-0.3, -0.25) is 4.79 Å². The molecule has 0 saturated heterocycles. The molecule has 0 aliphatic heterocycles.